The molecule has 0 aromatic carbocycles. The van der Waals surface area contributed by atoms with Crippen LogP contribution in [0.5, 0.6) is 0 Å². The number of carbonyl (C=O) groups is 1. The lowest BCUT2D eigenvalue weighted by molar-refractivity contribution is 0.0633. The maximum atomic E-state index is 12.6. The Labute approximate surface area is 120 Å². The Hall–Kier alpha value is -1.69. The molecule has 5 nitrogen and oxygen atoms in total. The molecule has 0 bridgehead atoms. The molecule has 1 atom stereocenters. The van der Waals surface area contributed by atoms with E-state index in [1.165, 1.54) is 21.9 Å². The molecular weight excluding hydrogens is 274 g/mol. The quantitative estimate of drug-likeness (QED) is 0.808. The molecule has 1 fully saturated rings. The fourth-order valence-corrected chi connectivity index (χ4v) is 3.55. The van der Waals surface area contributed by atoms with Crippen molar-refractivity contribution in [1.29, 1.82) is 0 Å². The second-order valence-electron chi connectivity index (χ2n) is 5.32. The molecular formula is C14H17N3O2S. The Bertz CT molecular complexity index is 719. The Morgan fingerprint density at radius 1 is 1.45 bits per heavy atom. The summed E-state index contributed by atoms with van der Waals surface area (Å²) < 4.78 is 1.52. The van der Waals surface area contributed by atoms with Crippen molar-refractivity contribution >= 4 is 22.2 Å². The van der Waals surface area contributed by atoms with E-state index < -0.39 is 0 Å². The lowest BCUT2D eigenvalue weighted by Crippen LogP contribution is -2.44. The number of aryl methyl sites for hydroxylation is 1. The van der Waals surface area contributed by atoms with Crippen LogP contribution in [0.3, 0.4) is 0 Å². The highest BCUT2D eigenvalue weighted by Gasteiger charge is 2.26. The summed E-state index contributed by atoms with van der Waals surface area (Å²) in [6.45, 7) is 4.62. The normalized spacial score (nSPS) is 19.5. The smallest absolute Gasteiger partial charge is 0.271 e. The average molecular weight is 291 g/mol. The Kier molecular flexibility index (Phi) is 3.33. The molecule has 1 saturated heterocycles. The molecule has 0 aliphatic carbocycles. The van der Waals surface area contributed by atoms with Crippen LogP contribution in [0.15, 0.2) is 16.4 Å². The first-order chi connectivity index (χ1) is 9.59. The molecule has 0 radical (unpaired) electrons. The fraction of sp³-hybridized carbons (Fsp3) is 0.500. The number of nitrogens with zero attached hydrogens (tertiary/aromatic N) is 3. The highest BCUT2D eigenvalue weighted by Crippen LogP contribution is 2.18. The first kappa shape index (κ1) is 13.3. The number of amides is 1. The maximum absolute atomic E-state index is 12.6. The van der Waals surface area contributed by atoms with Gasteiger partial charge in [0.1, 0.15) is 5.56 Å². The van der Waals surface area contributed by atoms with Gasteiger partial charge >= 0.3 is 0 Å². The number of carbonyl (C=O) groups excluding carboxylic acids is 1. The number of rotatable bonds is 1. The summed E-state index contributed by atoms with van der Waals surface area (Å²) in [5.74, 6) is -0.185. The van der Waals surface area contributed by atoms with Crippen LogP contribution in [0, 0.1) is 6.92 Å². The Morgan fingerprint density at radius 2 is 2.25 bits per heavy atom. The lowest BCUT2D eigenvalue weighted by atomic mass is 10.0. The van der Waals surface area contributed by atoms with E-state index in [1.54, 1.807) is 4.90 Å². The number of hydrogen-bond donors (Lipinski definition) is 0. The van der Waals surface area contributed by atoms with Crippen LogP contribution in [-0.2, 0) is 0 Å². The number of fused-ring (bicyclic) bond motifs is 1. The van der Waals surface area contributed by atoms with Gasteiger partial charge in [-0.3, -0.25) is 14.0 Å². The van der Waals surface area contributed by atoms with Crippen LogP contribution in [0.25, 0.3) is 4.96 Å². The van der Waals surface area contributed by atoms with Crippen molar-refractivity contribution in [3.8, 4) is 0 Å². The van der Waals surface area contributed by atoms with Gasteiger partial charge in [0.2, 0.25) is 0 Å². The predicted molar refractivity (Wildman–Crippen MR) is 78.4 cm³/mol. The van der Waals surface area contributed by atoms with E-state index in [4.69, 9.17) is 0 Å². The minimum atomic E-state index is -0.253. The molecule has 20 heavy (non-hydrogen) atoms. The zero-order valence-corrected chi connectivity index (χ0v) is 12.4. The van der Waals surface area contributed by atoms with Gasteiger partial charge in [0, 0.05) is 29.9 Å². The van der Waals surface area contributed by atoms with Gasteiger partial charge in [0.05, 0.1) is 0 Å². The van der Waals surface area contributed by atoms with Crippen molar-refractivity contribution in [1.82, 2.24) is 14.3 Å². The van der Waals surface area contributed by atoms with Gasteiger partial charge in [-0.25, -0.2) is 4.98 Å². The van der Waals surface area contributed by atoms with Crippen molar-refractivity contribution in [2.45, 2.75) is 39.2 Å². The first-order valence-electron chi connectivity index (χ1n) is 6.86. The van der Waals surface area contributed by atoms with Crippen LogP contribution < -0.4 is 5.56 Å². The van der Waals surface area contributed by atoms with Crippen LogP contribution in [-0.4, -0.2) is 32.8 Å². The average Bonchev–Trinajstić information content (AvgIpc) is 2.81. The van der Waals surface area contributed by atoms with E-state index in [1.807, 2.05) is 19.2 Å². The van der Waals surface area contributed by atoms with Gasteiger partial charge in [-0.1, -0.05) is 0 Å². The van der Waals surface area contributed by atoms with E-state index in [9.17, 15) is 9.59 Å². The monoisotopic (exact) mass is 291 g/mol. The molecule has 0 spiro atoms. The first-order valence-corrected chi connectivity index (χ1v) is 7.74. The van der Waals surface area contributed by atoms with Crippen LogP contribution >= 0.6 is 11.3 Å². The van der Waals surface area contributed by atoms with Crippen molar-refractivity contribution in [2.24, 2.45) is 0 Å². The van der Waals surface area contributed by atoms with Gasteiger partial charge in [0.25, 0.3) is 11.5 Å². The number of likely N-dealkylation sites (tertiary alicyclic amines) is 1. The van der Waals surface area contributed by atoms with Crippen molar-refractivity contribution in [3.05, 3.63) is 33.2 Å². The third-order valence-electron chi connectivity index (χ3n) is 3.91. The number of hydrogen-bond acceptors (Lipinski definition) is 4. The molecule has 6 heteroatoms. The second-order valence-corrected chi connectivity index (χ2v) is 6.15. The molecule has 1 aliphatic heterocycles. The van der Waals surface area contributed by atoms with Crippen LogP contribution in [0.2, 0.25) is 0 Å². The van der Waals surface area contributed by atoms with E-state index in [2.05, 4.69) is 4.98 Å². The molecule has 0 N–H and O–H groups in total. The maximum Gasteiger partial charge on any atom is 0.271 e. The second kappa shape index (κ2) is 5.01. The van der Waals surface area contributed by atoms with E-state index in [0.29, 0.717) is 4.96 Å². The Balaban J connectivity index is 2.05. The van der Waals surface area contributed by atoms with Crippen molar-refractivity contribution < 1.29 is 4.79 Å². The van der Waals surface area contributed by atoms with Gasteiger partial charge in [0.15, 0.2) is 4.96 Å². The molecule has 0 saturated carbocycles. The van der Waals surface area contributed by atoms with Gasteiger partial charge < -0.3 is 4.90 Å². The molecule has 2 aromatic heterocycles. The molecule has 1 amide bonds. The molecule has 3 rings (SSSR count). The minimum Gasteiger partial charge on any atom is -0.336 e. The highest BCUT2D eigenvalue weighted by molar-refractivity contribution is 7.15. The van der Waals surface area contributed by atoms with Crippen molar-refractivity contribution in [3.63, 3.8) is 0 Å². The summed E-state index contributed by atoms with van der Waals surface area (Å²) in [7, 11) is 0. The zero-order chi connectivity index (χ0) is 14.3. The van der Waals surface area contributed by atoms with Crippen LogP contribution in [0.4, 0.5) is 0 Å². The largest absolute Gasteiger partial charge is 0.336 e. The van der Waals surface area contributed by atoms with Gasteiger partial charge in [-0.15, -0.1) is 11.3 Å². The molecule has 2 aromatic rings. The third kappa shape index (κ3) is 2.04. The van der Waals surface area contributed by atoms with Gasteiger partial charge in [-0.05, 0) is 33.1 Å². The summed E-state index contributed by atoms with van der Waals surface area (Å²) >= 11 is 1.41. The number of thiazole rings is 1. The SMILES string of the molecule is Cc1csc2ncc(C(=O)N3CCCCC3C)c(=O)n12. The fourth-order valence-electron chi connectivity index (χ4n) is 2.73. The molecule has 1 aliphatic rings. The standard InChI is InChI=1S/C14H17N3O2S/c1-9-5-3-4-6-16(9)12(18)11-7-15-14-17(13(11)19)10(2)8-20-14/h7-9H,3-6H2,1-2H3. The van der Waals surface area contributed by atoms with E-state index in [-0.39, 0.29) is 23.1 Å². The Morgan fingerprint density at radius 3 is 3.00 bits per heavy atom. The summed E-state index contributed by atoms with van der Waals surface area (Å²) in [6.07, 6.45) is 4.58. The van der Waals surface area contributed by atoms with Gasteiger partial charge in [-0.2, -0.15) is 0 Å². The van der Waals surface area contributed by atoms with Crippen LogP contribution in [0.1, 0.15) is 42.2 Å². The summed E-state index contributed by atoms with van der Waals surface area (Å²) in [4.78, 5) is 31.7. The topological polar surface area (TPSA) is 54.7 Å². The number of aromatic nitrogens is 2. The third-order valence-corrected chi connectivity index (χ3v) is 4.87. The minimum absolute atomic E-state index is 0.178. The molecule has 3 heterocycles. The number of piperidine rings is 1. The molecule has 1 unspecified atom stereocenters. The zero-order valence-electron chi connectivity index (χ0n) is 11.6. The summed E-state index contributed by atoms with van der Waals surface area (Å²) in [6, 6.07) is 0.194. The predicted octanol–water partition coefficient (Wildman–Crippen LogP) is 2.08. The van der Waals surface area contributed by atoms with E-state index in [0.717, 1.165) is 31.5 Å². The summed E-state index contributed by atoms with van der Waals surface area (Å²) in [5.41, 5.74) is 0.748. The molecule has 106 valence electrons. The van der Waals surface area contributed by atoms with E-state index >= 15 is 0 Å². The lowest BCUT2D eigenvalue weighted by Gasteiger charge is -2.33. The highest BCUT2D eigenvalue weighted by atomic mass is 32.1. The summed E-state index contributed by atoms with van der Waals surface area (Å²) in [5, 5.41) is 1.88. The van der Waals surface area contributed by atoms with Crippen molar-refractivity contribution in [2.75, 3.05) is 6.54 Å².